The summed E-state index contributed by atoms with van der Waals surface area (Å²) in [5, 5.41) is 0. The summed E-state index contributed by atoms with van der Waals surface area (Å²) in [4.78, 5) is 22.4. The zero-order chi connectivity index (χ0) is 11.8. The number of esters is 2. The van der Waals surface area contributed by atoms with Crippen LogP contribution in [0.2, 0.25) is 0 Å². The average molecular weight is 224 g/mol. The Hall–Kier alpha value is -1.32. The topological polar surface area (TPSA) is 52.6 Å². The van der Waals surface area contributed by atoms with Gasteiger partial charge in [0, 0.05) is 12.8 Å². The summed E-state index contributed by atoms with van der Waals surface area (Å²) in [7, 11) is 1.41. The van der Waals surface area contributed by atoms with Crippen molar-refractivity contribution in [3.8, 4) is 0 Å². The molecule has 16 heavy (non-hydrogen) atoms. The van der Waals surface area contributed by atoms with Crippen molar-refractivity contribution in [2.24, 2.45) is 17.3 Å². The van der Waals surface area contributed by atoms with Gasteiger partial charge in [0.05, 0.1) is 19.1 Å². The van der Waals surface area contributed by atoms with E-state index in [4.69, 9.17) is 9.47 Å². The smallest absolute Gasteiger partial charge is 0.315 e. The second kappa shape index (κ2) is 3.92. The lowest BCUT2D eigenvalue weighted by Crippen LogP contribution is -2.28. The van der Waals surface area contributed by atoms with E-state index < -0.39 is 5.41 Å². The Morgan fingerprint density at radius 3 is 2.81 bits per heavy atom. The molecule has 3 atom stereocenters. The van der Waals surface area contributed by atoms with Crippen LogP contribution in [0.15, 0.2) is 12.2 Å². The van der Waals surface area contributed by atoms with Gasteiger partial charge in [-0.3, -0.25) is 9.59 Å². The molecule has 0 spiro atoms. The van der Waals surface area contributed by atoms with Gasteiger partial charge in [-0.15, -0.1) is 0 Å². The van der Waals surface area contributed by atoms with Crippen molar-refractivity contribution in [2.75, 3.05) is 13.7 Å². The number of ether oxygens (including phenoxy) is 2. The molecule has 0 aromatic rings. The van der Waals surface area contributed by atoms with Crippen molar-refractivity contribution < 1.29 is 19.1 Å². The molecular weight excluding hydrogens is 208 g/mol. The molecular formula is C12H16O4. The minimum absolute atomic E-state index is 0.170. The predicted molar refractivity (Wildman–Crippen MR) is 56.4 cm³/mol. The van der Waals surface area contributed by atoms with Gasteiger partial charge < -0.3 is 9.47 Å². The van der Waals surface area contributed by atoms with Crippen LogP contribution in [0.4, 0.5) is 0 Å². The van der Waals surface area contributed by atoms with Crippen LogP contribution in [0.25, 0.3) is 0 Å². The third-order valence-electron chi connectivity index (χ3n) is 3.59. The van der Waals surface area contributed by atoms with Crippen LogP contribution in [0.1, 0.15) is 19.8 Å². The predicted octanol–water partition coefficient (Wildman–Crippen LogP) is 1.30. The van der Waals surface area contributed by atoms with Crippen molar-refractivity contribution >= 4 is 11.9 Å². The van der Waals surface area contributed by atoms with Crippen molar-refractivity contribution in [2.45, 2.75) is 19.8 Å². The minimum Gasteiger partial charge on any atom is -0.468 e. The minimum atomic E-state index is -0.454. The molecule has 3 unspecified atom stereocenters. The third kappa shape index (κ3) is 1.72. The first-order valence-electron chi connectivity index (χ1n) is 5.48. The number of rotatable bonds is 3. The molecule has 0 aliphatic heterocycles. The highest BCUT2D eigenvalue weighted by molar-refractivity contribution is 5.80. The lowest BCUT2D eigenvalue weighted by Gasteiger charge is -2.23. The highest BCUT2D eigenvalue weighted by atomic mass is 16.5. The van der Waals surface area contributed by atoms with Gasteiger partial charge in [0.25, 0.3) is 0 Å². The van der Waals surface area contributed by atoms with E-state index in [-0.39, 0.29) is 17.9 Å². The zero-order valence-electron chi connectivity index (χ0n) is 9.56. The molecule has 2 aliphatic rings. The Bertz CT molecular complexity index is 347. The SMILES string of the molecule is COC(=O)C12C=CC(C1)C(COC(C)=O)C2. The molecule has 0 saturated heterocycles. The number of carbonyl (C=O) groups excluding carboxylic acids is 2. The van der Waals surface area contributed by atoms with Gasteiger partial charge in [0.2, 0.25) is 0 Å². The second-order valence-electron chi connectivity index (χ2n) is 4.64. The van der Waals surface area contributed by atoms with E-state index in [1.165, 1.54) is 14.0 Å². The molecule has 0 N–H and O–H groups in total. The van der Waals surface area contributed by atoms with E-state index >= 15 is 0 Å². The van der Waals surface area contributed by atoms with Gasteiger partial charge in [-0.1, -0.05) is 12.2 Å². The van der Waals surface area contributed by atoms with Gasteiger partial charge >= 0.3 is 11.9 Å². The molecule has 1 fully saturated rings. The maximum atomic E-state index is 11.7. The molecule has 0 aromatic carbocycles. The summed E-state index contributed by atoms with van der Waals surface area (Å²) < 4.78 is 9.84. The van der Waals surface area contributed by atoms with Crippen LogP contribution in [-0.2, 0) is 19.1 Å². The fraction of sp³-hybridized carbons (Fsp3) is 0.667. The van der Waals surface area contributed by atoms with Gasteiger partial charge in [-0.05, 0) is 18.8 Å². The number of methoxy groups -OCH3 is 1. The summed E-state index contributed by atoms with van der Waals surface area (Å²) in [5.41, 5.74) is -0.454. The molecule has 0 radical (unpaired) electrons. The lowest BCUT2D eigenvalue weighted by molar-refractivity contribution is -0.149. The standard InChI is InChI=1S/C12H16O4/c1-8(13)16-7-10-6-12(11(14)15-2)4-3-9(10)5-12/h3-4,9-10H,5-7H2,1-2H3. The van der Waals surface area contributed by atoms with Crippen molar-refractivity contribution in [1.29, 1.82) is 0 Å². The molecule has 2 rings (SSSR count). The Morgan fingerprint density at radius 1 is 1.44 bits per heavy atom. The molecule has 0 amide bonds. The monoisotopic (exact) mass is 224 g/mol. The van der Waals surface area contributed by atoms with Crippen molar-refractivity contribution in [3.63, 3.8) is 0 Å². The summed E-state index contributed by atoms with van der Waals surface area (Å²) in [5.74, 6) is 0.168. The molecule has 1 saturated carbocycles. The normalized spacial score (nSPS) is 35.1. The molecule has 2 bridgehead atoms. The van der Waals surface area contributed by atoms with Crippen LogP contribution in [0.5, 0.6) is 0 Å². The molecule has 4 heteroatoms. The van der Waals surface area contributed by atoms with E-state index in [1.807, 2.05) is 6.08 Å². The first-order chi connectivity index (χ1) is 7.57. The van der Waals surface area contributed by atoms with E-state index in [0.29, 0.717) is 12.5 Å². The maximum Gasteiger partial charge on any atom is 0.315 e. The van der Waals surface area contributed by atoms with E-state index in [2.05, 4.69) is 6.08 Å². The van der Waals surface area contributed by atoms with Crippen LogP contribution >= 0.6 is 0 Å². The molecule has 2 aliphatic carbocycles. The second-order valence-corrected chi connectivity index (χ2v) is 4.64. The van der Waals surface area contributed by atoms with Crippen LogP contribution in [-0.4, -0.2) is 25.7 Å². The van der Waals surface area contributed by atoms with Gasteiger partial charge in [-0.2, -0.15) is 0 Å². The van der Waals surface area contributed by atoms with Crippen LogP contribution in [0.3, 0.4) is 0 Å². The Balaban J connectivity index is 2.01. The number of hydrogen-bond donors (Lipinski definition) is 0. The zero-order valence-corrected chi connectivity index (χ0v) is 9.56. The van der Waals surface area contributed by atoms with Gasteiger partial charge in [0.1, 0.15) is 0 Å². The highest BCUT2D eigenvalue weighted by Crippen LogP contribution is 2.53. The largest absolute Gasteiger partial charge is 0.468 e. The fourth-order valence-electron chi connectivity index (χ4n) is 2.80. The first kappa shape index (κ1) is 11.2. The fourth-order valence-corrected chi connectivity index (χ4v) is 2.80. The Labute approximate surface area is 94.6 Å². The summed E-state index contributed by atoms with van der Waals surface area (Å²) in [6.07, 6.45) is 5.53. The van der Waals surface area contributed by atoms with E-state index in [1.54, 1.807) is 0 Å². The number of hydrogen-bond acceptors (Lipinski definition) is 4. The van der Waals surface area contributed by atoms with Gasteiger partial charge in [-0.25, -0.2) is 0 Å². The van der Waals surface area contributed by atoms with E-state index in [0.717, 1.165) is 12.8 Å². The summed E-state index contributed by atoms with van der Waals surface area (Å²) >= 11 is 0. The summed E-state index contributed by atoms with van der Waals surface area (Å²) in [6.45, 7) is 1.81. The Kier molecular flexibility index (Phi) is 2.74. The Morgan fingerprint density at radius 2 is 2.19 bits per heavy atom. The average Bonchev–Trinajstić information content (AvgIpc) is 2.83. The quantitative estimate of drug-likeness (QED) is 0.535. The first-order valence-corrected chi connectivity index (χ1v) is 5.48. The lowest BCUT2D eigenvalue weighted by atomic mass is 9.85. The van der Waals surface area contributed by atoms with E-state index in [9.17, 15) is 9.59 Å². The molecule has 0 aromatic heterocycles. The maximum absolute atomic E-state index is 11.7. The van der Waals surface area contributed by atoms with Gasteiger partial charge in [0.15, 0.2) is 0 Å². The number of allylic oxidation sites excluding steroid dienone is 1. The number of fused-ring (bicyclic) bond motifs is 2. The van der Waals surface area contributed by atoms with Crippen molar-refractivity contribution in [3.05, 3.63) is 12.2 Å². The van der Waals surface area contributed by atoms with Crippen LogP contribution in [0, 0.1) is 17.3 Å². The molecule has 4 nitrogen and oxygen atoms in total. The highest BCUT2D eigenvalue weighted by Gasteiger charge is 2.52. The molecule has 0 heterocycles. The van der Waals surface area contributed by atoms with Crippen LogP contribution < -0.4 is 0 Å². The number of carbonyl (C=O) groups is 2. The molecule has 88 valence electrons. The van der Waals surface area contributed by atoms with Crippen molar-refractivity contribution in [1.82, 2.24) is 0 Å². The summed E-state index contributed by atoms with van der Waals surface area (Å²) in [6, 6.07) is 0. The third-order valence-corrected chi connectivity index (χ3v) is 3.59.